The SMILES string of the molecule is C[C@@H]1CN(C(=O)CNC(=O)c2ccc(C(F)(F)F)cc2)C[C@H]1C(=O)O. The molecule has 2 atom stereocenters. The Morgan fingerprint density at radius 2 is 1.80 bits per heavy atom. The third-order valence-electron chi connectivity index (χ3n) is 4.16. The molecule has 1 aliphatic rings. The first-order valence-electron chi connectivity index (χ1n) is 7.55. The van der Waals surface area contributed by atoms with Crippen molar-refractivity contribution in [2.75, 3.05) is 19.6 Å². The Labute approximate surface area is 141 Å². The van der Waals surface area contributed by atoms with Crippen molar-refractivity contribution in [1.82, 2.24) is 10.2 Å². The lowest BCUT2D eigenvalue weighted by molar-refractivity contribution is -0.142. The molecule has 9 heteroatoms. The number of nitrogens with one attached hydrogen (secondary N) is 1. The number of aliphatic carboxylic acids is 1. The first-order valence-corrected chi connectivity index (χ1v) is 7.55. The van der Waals surface area contributed by atoms with E-state index in [1.54, 1.807) is 6.92 Å². The number of rotatable bonds is 4. The van der Waals surface area contributed by atoms with E-state index in [1.165, 1.54) is 4.90 Å². The van der Waals surface area contributed by atoms with Gasteiger partial charge in [0.05, 0.1) is 18.0 Å². The summed E-state index contributed by atoms with van der Waals surface area (Å²) in [5.41, 5.74) is -0.870. The number of carbonyl (C=O) groups is 3. The van der Waals surface area contributed by atoms with Gasteiger partial charge in [-0.25, -0.2) is 0 Å². The number of benzene rings is 1. The standard InChI is InChI=1S/C16H17F3N2O4/c1-9-7-21(8-12(9)15(24)25)13(22)6-20-14(23)10-2-4-11(5-3-10)16(17,18)19/h2-5,9,12H,6-8H2,1H3,(H,20,23)(H,24,25)/t9-,12-/m1/s1. The van der Waals surface area contributed by atoms with Gasteiger partial charge in [-0.2, -0.15) is 13.2 Å². The van der Waals surface area contributed by atoms with Crippen LogP contribution in [-0.4, -0.2) is 47.4 Å². The van der Waals surface area contributed by atoms with Gasteiger partial charge in [0.15, 0.2) is 0 Å². The van der Waals surface area contributed by atoms with Crippen LogP contribution in [0.5, 0.6) is 0 Å². The minimum absolute atomic E-state index is 0.000924. The van der Waals surface area contributed by atoms with Crippen molar-refractivity contribution < 1.29 is 32.7 Å². The fourth-order valence-corrected chi connectivity index (χ4v) is 2.67. The fraction of sp³-hybridized carbons (Fsp3) is 0.438. The van der Waals surface area contributed by atoms with Crippen LogP contribution in [0.3, 0.4) is 0 Å². The third kappa shape index (κ3) is 4.49. The van der Waals surface area contributed by atoms with Gasteiger partial charge in [-0.1, -0.05) is 6.92 Å². The maximum Gasteiger partial charge on any atom is 0.416 e. The van der Waals surface area contributed by atoms with Crippen LogP contribution in [0.15, 0.2) is 24.3 Å². The molecule has 1 aromatic rings. The lowest BCUT2D eigenvalue weighted by Gasteiger charge is -2.16. The smallest absolute Gasteiger partial charge is 0.416 e. The van der Waals surface area contributed by atoms with Crippen LogP contribution in [0.25, 0.3) is 0 Å². The molecule has 1 fully saturated rings. The Bertz CT molecular complexity index is 673. The van der Waals surface area contributed by atoms with Crippen molar-refractivity contribution in [2.45, 2.75) is 13.1 Å². The monoisotopic (exact) mass is 358 g/mol. The van der Waals surface area contributed by atoms with Gasteiger partial charge >= 0.3 is 12.1 Å². The Balaban J connectivity index is 1.90. The largest absolute Gasteiger partial charge is 0.481 e. The van der Waals surface area contributed by atoms with Crippen LogP contribution < -0.4 is 5.32 Å². The number of likely N-dealkylation sites (tertiary alicyclic amines) is 1. The lowest BCUT2D eigenvalue weighted by atomic mass is 9.99. The number of hydrogen-bond donors (Lipinski definition) is 2. The predicted octanol–water partition coefficient (Wildman–Crippen LogP) is 1.61. The van der Waals surface area contributed by atoms with Gasteiger partial charge in [-0.05, 0) is 30.2 Å². The summed E-state index contributed by atoms with van der Waals surface area (Å²) in [5.74, 6) is -2.92. The Kier molecular flexibility index (Phi) is 5.34. The van der Waals surface area contributed by atoms with Gasteiger partial charge in [-0.15, -0.1) is 0 Å². The molecule has 0 unspecified atom stereocenters. The van der Waals surface area contributed by atoms with Crippen LogP contribution >= 0.6 is 0 Å². The normalized spacial score (nSPS) is 20.4. The number of carbonyl (C=O) groups excluding carboxylic acids is 2. The second kappa shape index (κ2) is 7.12. The van der Waals surface area contributed by atoms with E-state index in [0.29, 0.717) is 0 Å². The highest BCUT2D eigenvalue weighted by Gasteiger charge is 2.36. The van der Waals surface area contributed by atoms with Gasteiger partial charge < -0.3 is 15.3 Å². The molecule has 0 bridgehead atoms. The van der Waals surface area contributed by atoms with Crippen molar-refractivity contribution in [1.29, 1.82) is 0 Å². The molecule has 1 aromatic carbocycles. The summed E-state index contributed by atoms with van der Waals surface area (Å²) < 4.78 is 37.4. The lowest BCUT2D eigenvalue weighted by Crippen LogP contribution is -2.39. The number of alkyl halides is 3. The first kappa shape index (κ1) is 18.8. The van der Waals surface area contributed by atoms with E-state index in [2.05, 4.69) is 5.32 Å². The second-order valence-corrected chi connectivity index (χ2v) is 5.98. The van der Waals surface area contributed by atoms with Crippen LogP contribution in [-0.2, 0) is 15.8 Å². The number of carboxylic acid groups (broad SMARTS) is 1. The number of halogens is 3. The third-order valence-corrected chi connectivity index (χ3v) is 4.16. The summed E-state index contributed by atoms with van der Waals surface area (Å²) >= 11 is 0. The zero-order valence-corrected chi connectivity index (χ0v) is 13.3. The van der Waals surface area contributed by atoms with Gasteiger partial charge in [0, 0.05) is 18.7 Å². The molecule has 1 aliphatic heterocycles. The van der Waals surface area contributed by atoms with Gasteiger partial charge in [0.2, 0.25) is 5.91 Å². The molecule has 2 N–H and O–H groups in total. The van der Waals surface area contributed by atoms with E-state index in [-0.39, 0.29) is 31.1 Å². The van der Waals surface area contributed by atoms with E-state index < -0.39 is 35.4 Å². The molecule has 0 aliphatic carbocycles. The molecule has 0 spiro atoms. The summed E-state index contributed by atoms with van der Waals surface area (Å²) in [7, 11) is 0. The zero-order valence-electron chi connectivity index (χ0n) is 13.3. The molecule has 0 saturated carbocycles. The van der Waals surface area contributed by atoms with Crippen molar-refractivity contribution >= 4 is 17.8 Å². The molecule has 0 radical (unpaired) electrons. The maximum absolute atomic E-state index is 12.5. The molecule has 0 aromatic heterocycles. The molecular formula is C16H17F3N2O4. The average molecular weight is 358 g/mol. The van der Waals surface area contributed by atoms with Crippen LogP contribution in [0, 0.1) is 11.8 Å². The second-order valence-electron chi connectivity index (χ2n) is 5.98. The van der Waals surface area contributed by atoms with E-state index in [9.17, 15) is 27.6 Å². The minimum Gasteiger partial charge on any atom is -0.481 e. The molecule has 1 saturated heterocycles. The van der Waals surface area contributed by atoms with Gasteiger partial charge in [0.25, 0.3) is 5.91 Å². The van der Waals surface area contributed by atoms with Crippen LogP contribution in [0.1, 0.15) is 22.8 Å². The van der Waals surface area contributed by atoms with Crippen molar-refractivity contribution in [3.8, 4) is 0 Å². The summed E-state index contributed by atoms with van der Waals surface area (Å²) in [4.78, 5) is 36.4. The van der Waals surface area contributed by atoms with Crippen LogP contribution in [0.2, 0.25) is 0 Å². The van der Waals surface area contributed by atoms with Crippen LogP contribution in [0.4, 0.5) is 13.2 Å². The van der Waals surface area contributed by atoms with Crippen molar-refractivity contribution in [3.05, 3.63) is 35.4 Å². The highest BCUT2D eigenvalue weighted by Crippen LogP contribution is 2.29. The number of carboxylic acids is 1. The molecule has 136 valence electrons. The van der Waals surface area contributed by atoms with E-state index in [0.717, 1.165) is 24.3 Å². The fourth-order valence-electron chi connectivity index (χ4n) is 2.67. The summed E-state index contributed by atoms with van der Waals surface area (Å²) in [5, 5.41) is 11.4. The number of nitrogens with zero attached hydrogens (tertiary/aromatic N) is 1. The first-order chi connectivity index (χ1) is 11.6. The highest BCUT2D eigenvalue weighted by atomic mass is 19.4. The summed E-state index contributed by atoms with van der Waals surface area (Å²) in [6, 6.07) is 3.63. The number of hydrogen-bond acceptors (Lipinski definition) is 3. The molecule has 1 heterocycles. The molecule has 2 amide bonds. The molecule has 2 rings (SSSR count). The topological polar surface area (TPSA) is 86.7 Å². The van der Waals surface area contributed by atoms with E-state index >= 15 is 0 Å². The number of amides is 2. The predicted molar refractivity (Wildman–Crippen MR) is 80.6 cm³/mol. The quantitative estimate of drug-likeness (QED) is 0.856. The Hall–Kier alpha value is -2.58. The molecule has 25 heavy (non-hydrogen) atoms. The van der Waals surface area contributed by atoms with Crippen molar-refractivity contribution in [3.63, 3.8) is 0 Å². The average Bonchev–Trinajstić information content (AvgIpc) is 2.93. The summed E-state index contributed by atoms with van der Waals surface area (Å²) in [6.07, 6.45) is -4.49. The molecular weight excluding hydrogens is 341 g/mol. The maximum atomic E-state index is 12.5. The Morgan fingerprint density at radius 3 is 2.28 bits per heavy atom. The van der Waals surface area contributed by atoms with Gasteiger partial charge in [0.1, 0.15) is 0 Å². The van der Waals surface area contributed by atoms with Gasteiger partial charge in [-0.3, -0.25) is 14.4 Å². The van der Waals surface area contributed by atoms with E-state index in [1.807, 2.05) is 0 Å². The molecule has 6 nitrogen and oxygen atoms in total. The van der Waals surface area contributed by atoms with E-state index in [4.69, 9.17) is 5.11 Å². The Morgan fingerprint density at radius 1 is 1.20 bits per heavy atom. The minimum atomic E-state index is -4.49. The summed E-state index contributed by atoms with van der Waals surface area (Å²) in [6.45, 7) is 1.74. The highest BCUT2D eigenvalue weighted by molar-refractivity contribution is 5.96. The van der Waals surface area contributed by atoms with Crippen molar-refractivity contribution in [2.24, 2.45) is 11.8 Å². The zero-order chi connectivity index (χ0) is 18.8.